The lowest BCUT2D eigenvalue weighted by molar-refractivity contribution is -0.124. The maximum atomic E-state index is 12.1. The quantitative estimate of drug-likeness (QED) is 0.833. The van der Waals surface area contributed by atoms with Crippen LogP contribution < -0.4 is 14.8 Å². The van der Waals surface area contributed by atoms with Crippen LogP contribution in [-0.4, -0.2) is 32.3 Å². The maximum absolute atomic E-state index is 12.1. The van der Waals surface area contributed by atoms with Crippen molar-refractivity contribution in [1.82, 2.24) is 5.32 Å². The first-order valence-electron chi connectivity index (χ1n) is 8.95. The molecule has 1 aromatic carbocycles. The van der Waals surface area contributed by atoms with Crippen molar-refractivity contribution in [3.63, 3.8) is 0 Å². The molecule has 0 aromatic heterocycles. The lowest BCUT2D eigenvalue weighted by Crippen LogP contribution is -2.28. The van der Waals surface area contributed by atoms with Gasteiger partial charge in [0.25, 0.3) is 0 Å². The Hall–Kier alpha value is -1.75. The molecular formula is C19H27NO4. The van der Waals surface area contributed by atoms with E-state index in [4.69, 9.17) is 14.2 Å². The molecule has 132 valence electrons. The van der Waals surface area contributed by atoms with E-state index in [9.17, 15) is 4.79 Å². The number of carbonyl (C=O) groups excluding carboxylic acids is 1. The molecule has 3 rings (SSSR count). The van der Waals surface area contributed by atoms with Crippen LogP contribution in [0.15, 0.2) is 18.2 Å². The van der Waals surface area contributed by atoms with Gasteiger partial charge in [-0.25, -0.2) is 0 Å². The van der Waals surface area contributed by atoms with Crippen molar-refractivity contribution in [3.8, 4) is 11.5 Å². The van der Waals surface area contributed by atoms with Gasteiger partial charge < -0.3 is 19.5 Å². The molecule has 1 aliphatic carbocycles. The molecule has 5 nitrogen and oxygen atoms in total. The summed E-state index contributed by atoms with van der Waals surface area (Å²) in [5, 5.41) is 3.03. The summed E-state index contributed by atoms with van der Waals surface area (Å²) in [7, 11) is 1.63. The lowest BCUT2D eigenvalue weighted by atomic mass is 10.1. The minimum Gasteiger partial charge on any atom is -0.493 e. The van der Waals surface area contributed by atoms with Gasteiger partial charge >= 0.3 is 0 Å². The van der Waals surface area contributed by atoms with Gasteiger partial charge in [0.15, 0.2) is 11.5 Å². The molecule has 1 unspecified atom stereocenters. The first-order chi connectivity index (χ1) is 11.8. The zero-order chi connectivity index (χ0) is 16.8. The maximum Gasteiger partial charge on any atom is 0.223 e. The molecule has 24 heavy (non-hydrogen) atoms. The first-order valence-corrected chi connectivity index (χ1v) is 8.95. The highest BCUT2D eigenvalue weighted by Crippen LogP contribution is 2.29. The van der Waals surface area contributed by atoms with E-state index in [0.717, 1.165) is 43.6 Å². The Bertz CT molecular complexity index is 548. The third-order valence-corrected chi connectivity index (χ3v) is 4.87. The second-order valence-electron chi connectivity index (χ2n) is 6.63. The molecule has 5 heteroatoms. The Labute approximate surface area is 143 Å². The molecule has 1 aliphatic heterocycles. The second kappa shape index (κ2) is 8.38. The van der Waals surface area contributed by atoms with Crippen LogP contribution in [0, 0.1) is 5.92 Å². The highest BCUT2D eigenvalue weighted by atomic mass is 16.5. The van der Waals surface area contributed by atoms with Crippen LogP contribution in [0.4, 0.5) is 0 Å². The van der Waals surface area contributed by atoms with Crippen LogP contribution in [0.2, 0.25) is 0 Å². The number of carbonyl (C=O) groups is 1. The zero-order valence-electron chi connectivity index (χ0n) is 14.4. The normalized spacial score (nSPS) is 21.0. The van der Waals surface area contributed by atoms with Crippen LogP contribution in [0.5, 0.6) is 11.5 Å². The number of hydrogen-bond acceptors (Lipinski definition) is 4. The third kappa shape index (κ3) is 4.41. The monoisotopic (exact) mass is 333 g/mol. The number of ether oxygens (including phenoxy) is 3. The fraction of sp³-hybridized carbons (Fsp3) is 0.632. The molecule has 1 amide bonds. The molecular weight excluding hydrogens is 306 g/mol. The van der Waals surface area contributed by atoms with E-state index in [1.165, 1.54) is 12.8 Å². The molecule has 2 aliphatic rings. The average Bonchev–Trinajstić information content (AvgIpc) is 3.31. The fourth-order valence-corrected chi connectivity index (χ4v) is 3.42. The Morgan fingerprint density at radius 1 is 1.21 bits per heavy atom. The number of hydrogen-bond donors (Lipinski definition) is 1. The van der Waals surface area contributed by atoms with Gasteiger partial charge in [0.2, 0.25) is 5.91 Å². The summed E-state index contributed by atoms with van der Waals surface area (Å²) >= 11 is 0. The largest absolute Gasteiger partial charge is 0.493 e. The SMILES string of the molecule is COc1cc(CNC(=O)C2CCCC2)ccc1OCC1CCCO1. The van der Waals surface area contributed by atoms with E-state index in [0.29, 0.717) is 18.9 Å². The Morgan fingerprint density at radius 2 is 2.04 bits per heavy atom. The van der Waals surface area contributed by atoms with Crippen molar-refractivity contribution in [2.24, 2.45) is 5.92 Å². The van der Waals surface area contributed by atoms with E-state index < -0.39 is 0 Å². The number of rotatable bonds is 7. The minimum atomic E-state index is 0.171. The van der Waals surface area contributed by atoms with Crippen molar-refractivity contribution in [3.05, 3.63) is 23.8 Å². The molecule has 1 saturated heterocycles. The molecule has 0 spiro atoms. The van der Waals surface area contributed by atoms with E-state index in [1.807, 2.05) is 18.2 Å². The topological polar surface area (TPSA) is 56.8 Å². The molecule has 1 heterocycles. The van der Waals surface area contributed by atoms with E-state index in [-0.39, 0.29) is 17.9 Å². The highest BCUT2D eigenvalue weighted by Gasteiger charge is 2.22. The molecule has 1 saturated carbocycles. The first kappa shape index (κ1) is 17.1. The Kier molecular flexibility index (Phi) is 5.96. The second-order valence-corrected chi connectivity index (χ2v) is 6.63. The van der Waals surface area contributed by atoms with Crippen LogP contribution in [-0.2, 0) is 16.1 Å². The van der Waals surface area contributed by atoms with Gasteiger partial charge in [-0.05, 0) is 43.4 Å². The zero-order valence-corrected chi connectivity index (χ0v) is 14.4. The average molecular weight is 333 g/mol. The molecule has 1 N–H and O–H groups in total. The van der Waals surface area contributed by atoms with Gasteiger partial charge in [0.1, 0.15) is 6.61 Å². The van der Waals surface area contributed by atoms with E-state index in [2.05, 4.69) is 5.32 Å². The van der Waals surface area contributed by atoms with E-state index in [1.54, 1.807) is 7.11 Å². The van der Waals surface area contributed by atoms with Crippen LogP contribution in [0.1, 0.15) is 44.1 Å². The minimum absolute atomic E-state index is 0.171. The Balaban J connectivity index is 1.53. The van der Waals surface area contributed by atoms with Crippen LogP contribution >= 0.6 is 0 Å². The summed E-state index contributed by atoms with van der Waals surface area (Å²) in [5.41, 5.74) is 1.02. The summed E-state index contributed by atoms with van der Waals surface area (Å²) in [6.45, 7) is 1.90. The number of methoxy groups -OCH3 is 1. The van der Waals surface area contributed by atoms with Crippen molar-refractivity contribution in [1.29, 1.82) is 0 Å². The predicted octanol–water partition coefficient (Wildman–Crippen LogP) is 3.06. The standard InChI is InChI=1S/C19H27NO4/c1-22-18-11-14(12-20-19(21)15-5-2-3-6-15)8-9-17(18)24-13-16-7-4-10-23-16/h8-9,11,15-16H,2-7,10,12-13H2,1H3,(H,20,21). The fourth-order valence-electron chi connectivity index (χ4n) is 3.42. The number of benzene rings is 1. The van der Waals surface area contributed by atoms with Gasteiger partial charge in [-0.3, -0.25) is 4.79 Å². The molecule has 0 bridgehead atoms. The number of amides is 1. The van der Waals surface area contributed by atoms with Crippen LogP contribution in [0.3, 0.4) is 0 Å². The smallest absolute Gasteiger partial charge is 0.223 e. The van der Waals surface area contributed by atoms with E-state index >= 15 is 0 Å². The molecule has 1 atom stereocenters. The molecule has 0 radical (unpaired) electrons. The van der Waals surface area contributed by atoms with Gasteiger partial charge in [-0.2, -0.15) is 0 Å². The lowest BCUT2D eigenvalue weighted by Gasteiger charge is -2.15. The van der Waals surface area contributed by atoms with Crippen molar-refractivity contribution in [2.75, 3.05) is 20.3 Å². The van der Waals surface area contributed by atoms with Crippen molar-refractivity contribution >= 4 is 5.91 Å². The van der Waals surface area contributed by atoms with Gasteiger partial charge in [-0.15, -0.1) is 0 Å². The highest BCUT2D eigenvalue weighted by molar-refractivity contribution is 5.78. The van der Waals surface area contributed by atoms with Gasteiger partial charge in [0, 0.05) is 19.1 Å². The third-order valence-electron chi connectivity index (χ3n) is 4.87. The predicted molar refractivity (Wildman–Crippen MR) is 91.3 cm³/mol. The Morgan fingerprint density at radius 3 is 2.75 bits per heavy atom. The summed E-state index contributed by atoms with van der Waals surface area (Å²) < 4.78 is 16.8. The van der Waals surface area contributed by atoms with Gasteiger partial charge in [0.05, 0.1) is 13.2 Å². The number of nitrogens with one attached hydrogen (secondary N) is 1. The molecule has 2 fully saturated rings. The summed E-state index contributed by atoms with van der Waals surface area (Å²) in [6.07, 6.45) is 6.71. The molecule has 1 aromatic rings. The van der Waals surface area contributed by atoms with Gasteiger partial charge in [-0.1, -0.05) is 18.9 Å². The summed E-state index contributed by atoms with van der Waals surface area (Å²) in [4.78, 5) is 12.1. The summed E-state index contributed by atoms with van der Waals surface area (Å²) in [6, 6.07) is 5.81. The van der Waals surface area contributed by atoms with Crippen molar-refractivity contribution < 1.29 is 19.0 Å². The van der Waals surface area contributed by atoms with Crippen molar-refractivity contribution in [2.45, 2.75) is 51.2 Å². The van der Waals surface area contributed by atoms with Crippen LogP contribution in [0.25, 0.3) is 0 Å². The summed E-state index contributed by atoms with van der Waals surface area (Å²) in [5.74, 6) is 1.78.